The van der Waals surface area contributed by atoms with Crippen molar-refractivity contribution in [3.63, 3.8) is 0 Å². The molecule has 2 aromatic rings. The smallest absolute Gasteiger partial charge is 0.263 e. The van der Waals surface area contributed by atoms with Crippen molar-refractivity contribution < 1.29 is 19.2 Å². The number of nitrogens with zero attached hydrogens (tertiary/aromatic N) is 2. The summed E-state index contributed by atoms with van der Waals surface area (Å²) in [5.41, 5.74) is 2.61. The molecule has 0 saturated carbocycles. The SMILES string of the molecule is CCOc1ccc(/C=N\OCC(=O)N(C)CC(=O)Nc2ccc(C)cc2)cc1. The molecular formula is C21H25N3O4. The normalized spacial score (nSPS) is 10.5. The first-order chi connectivity index (χ1) is 13.5. The summed E-state index contributed by atoms with van der Waals surface area (Å²) >= 11 is 0. The van der Waals surface area contributed by atoms with Crippen LogP contribution in [0.5, 0.6) is 5.75 Å². The molecule has 0 saturated heterocycles. The lowest BCUT2D eigenvalue weighted by atomic mass is 10.2. The fourth-order valence-corrected chi connectivity index (χ4v) is 2.26. The van der Waals surface area contributed by atoms with Crippen molar-refractivity contribution in [2.24, 2.45) is 5.16 Å². The summed E-state index contributed by atoms with van der Waals surface area (Å²) in [6.07, 6.45) is 1.51. The Hall–Kier alpha value is -3.35. The first kappa shape index (κ1) is 21.0. The van der Waals surface area contributed by atoms with Crippen molar-refractivity contribution in [3.8, 4) is 5.75 Å². The van der Waals surface area contributed by atoms with E-state index in [1.807, 2.05) is 62.4 Å². The molecule has 0 heterocycles. The van der Waals surface area contributed by atoms with E-state index in [0.29, 0.717) is 12.3 Å². The second kappa shape index (κ2) is 10.7. The van der Waals surface area contributed by atoms with Gasteiger partial charge >= 0.3 is 0 Å². The number of aryl methyl sites for hydroxylation is 1. The van der Waals surface area contributed by atoms with E-state index < -0.39 is 0 Å². The Morgan fingerprint density at radius 1 is 1.11 bits per heavy atom. The van der Waals surface area contributed by atoms with E-state index in [9.17, 15) is 9.59 Å². The minimum Gasteiger partial charge on any atom is -0.494 e. The van der Waals surface area contributed by atoms with Crippen LogP contribution in [0.1, 0.15) is 18.1 Å². The van der Waals surface area contributed by atoms with E-state index in [2.05, 4.69) is 10.5 Å². The molecule has 2 amide bonds. The largest absolute Gasteiger partial charge is 0.494 e. The molecule has 0 radical (unpaired) electrons. The zero-order chi connectivity index (χ0) is 20.4. The van der Waals surface area contributed by atoms with Crippen LogP contribution in [0, 0.1) is 6.92 Å². The number of hydrogen-bond acceptors (Lipinski definition) is 5. The number of carbonyl (C=O) groups is 2. The highest BCUT2D eigenvalue weighted by atomic mass is 16.6. The number of benzene rings is 2. The predicted molar refractivity (Wildman–Crippen MR) is 109 cm³/mol. The van der Waals surface area contributed by atoms with Gasteiger partial charge in [0.25, 0.3) is 5.91 Å². The van der Waals surface area contributed by atoms with Gasteiger partial charge in [0.2, 0.25) is 5.91 Å². The number of anilines is 1. The molecule has 0 spiro atoms. The third-order valence-electron chi connectivity index (χ3n) is 3.80. The highest BCUT2D eigenvalue weighted by Crippen LogP contribution is 2.11. The molecule has 1 N–H and O–H groups in total. The number of amides is 2. The molecule has 28 heavy (non-hydrogen) atoms. The molecule has 2 aromatic carbocycles. The lowest BCUT2D eigenvalue weighted by Crippen LogP contribution is -2.36. The van der Waals surface area contributed by atoms with Crippen molar-refractivity contribution in [2.75, 3.05) is 32.1 Å². The Bertz CT molecular complexity index is 801. The van der Waals surface area contributed by atoms with Crippen LogP contribution in [0.2, 0.25) is 0 Å². The molecule has 2 rings (SSSR count). The molecule has 0 aromatic heterocycles. The lowest BCUT2D eigenvalue weighted by Gasteiger charge is -2.16. The summed E-state index contributed by atoms with van der Waals surface area (Å²) in [6.45, 7) is 4.18. The minimum absolute atomic E-state index is 0.0708. The quantitative estimate of drug-likeness (QED) is 0.533. The number of oxime groups is 1. The van der Waals surface area contributed by atoms with Crippen molar-refractivity contribution in [1.82, 2.24) is 4.90 Å². The zero-order valence-corrected chi connectivity index (χ0v) is 16.3. The molecule has 7 nitrogen and oxygen atoms in total. The number of carbonyl (C=O) groups excluding carboxylic acids is 2. The van der Waals surface area contributed by atoms with Crippen LogP contribution in [0.4, 0.5) is 5.69 Å². The summed E-state index contributed by atoms with van der Waals surface area (Å²) in [4.78, 5) is 30.4. The average molecular weight is 383 g/mol. The molecule has 148 valence electrons. The fourth-order valence-electron chi connectivity index (χ4n) is 2.26. The van der Waals surface area contributed by atoms with Gasteiger partial charge in [-0.2, -0.15) is 0 Å². The Morgan fingerprint density at radius 3 is 2.43 bits per heavy atom. The van der Waals surface area contributed by atoms with Gasteiger partial charge in [0.05, 0.1) is 19.4 Å². The van der Waals surface area contributed by atoms with E-state index >= 15 is 0 Å². The van der Waals surface area contributed by atoms with Crippen LogP contribution in [-0.2, 0) is 14.4 Å². The second-order valence-electron chi connectivity index (χ2n) is 6.17. The van der Waals surface area contributed by atoms with E-state index in [-0.39, 0.29) is 25.0 Å². The van der Waals surface area contributed by atoms with E-state index in [1.165, 1.54) is 18.2 Å². The lowest BCUT2D eigenvalue weighted by molar-refractivity contribution is -0.137. The van der Waals surface area contributed by atoms with Crippen LogP contribution in [-0.4, -0.2) is 49.7 Å². The zero-order valence-electron chi connectivity index (χ0n) is 16.3. The van der Waals surface area contributed by atoms with E-state index in [4.69, 9.17) is 9.57 Å². The van der Waals surface area contributed by atoms with Crippen LogP contribution in [0.15, 0.2) is 53.7 Å². The van der Waals surface area contributed by atoms with Crippen LogP contribution < -0.4 is 10.1 Å². The van der Waals surface area contributed by atoms with Gasteiger partial charge < -0.3 is 19.8 Å². The average Bonchev–Trinajstić information content (AvgIpc) is 2.68. The van der Waals surface area contributed by atoms with Gasteiger partial charge in [0.1, 0.15) is 5.75 Å². The number of nitrogens with one attached hydrogen (secondary N) is 1. The van der Waals surface area contributed by atoms with E-state index in [1.54, 1.807) is 0 Å². The van der Waals surface area contributed by atoms with Gasteiger partial charge in [-0.25, -0.2) is 0 Å². The monoisotopic (exact) mass is 383 g/mol. The third-order valence-corrected chi connectivity index (χ3v) is 3.80. The van der Waals surface area contributed by atoms with Gasteiger partial charge in [-0.05, 0) is 55.8 Å². The van der Waals surface area contributed by atoms with Crippen molar-refractivity contribution >= 4 is 23.7 Å². The summed E-state index contributed by atoms with van der Waals surface area (Å²) in [5.74, 6) is 0.154. The van der Waals surface area contributed by atoms with Gasteiger partial charge in [-0.15, -0.1) is 0 Å². The van der Waals surface area contributed by atoms with Crippen molar-refractivity contribution in [2.45, 2.75) is 13.8 Å². The molecule has 0 aliphatic carbocycles. The van der Waals surface area contributed by atoms with Crippen LogP contribution >= 0.6 is 0 Å². The van der Waals surface area contributed by atoms with E-state index in [0.717, 1.165) is 16.9 Å². The highest BCUT2D eigenvalue weighted by Gasteiger charge is 2.13. The minimum atomic E-state index is -0.345. The Balaban J connectivity index is 1.72. The topological polar surface area (TPSA) is 80.2 Å². The third kappa shape index (κ3) is 7.11. The number of hydrogen-bond donors (Lipinski definition) is 1. The van der Waals surface area contributed by atoms with Gasteiger partial charge in [0, 0.05) is 12.7 Å². The number of rotatable bonds is 9. The summed E-state index contributed by atoms with van der Waals surface area (Å²) in [6, 6.07) is 14.8. The fraction of sp³-hybridized carbons (Fsp3) is 0.286. The van der Waals surface area contributed by atoms with Crippen LogP contribution in [0.25, 0.3) is 0 Å². The summed E-state index contributed by atoms with van der Waals surface area (Å²) < 4.78 is 5.36. The maximum absolute atomic E-state index is 12.0. The molecule has 0 fully saturated rings. The van der Waals surface area contributed by atoms with Gasteiger partial charge in [-0.3, -0.25) is 9.59 Å². The second-order valence-corrected chi connectivity index (χ2v) is 6.17. The van der Waals surface area contributed by atoms with Gasteiger partial charge in [-0.1, -0.05) is 22.9 Å². The van der Waals surface area contributed by atoms with Gasteiger partial charge in [0.15, 0.2) is 6.61 Å². The maximum atomic E-state index is 12.0. The Kier molecular flexibility index (Phi) is 8.02. The molecule has 0 bridgehead atoms. The number of ether oxygens (including phenoxy) is 1. The van der Waals surface area contributed by atoms with Crippen molar-refractivity contribution in [1.29, 1.82) is 0 Å². The molecular weight excluding hydrogens is 358 g/mol. The first-order valence-corrected chi connectivity index (χ1v) is 8.96. The Labute approximate surface area is 164 Å². The molecule has 0 atom stereocenters. The highest BCUT2D eigenvalue weighted by molar-refractivity contribution is 5.94. The molecule has 0 aliphatic heterocycles. The van der Waals surface area contributed by atoms with Crippen molar-refractivity contribution in [3.05, 3.63) is 59.7 Å². The molecule has 7 heteroatoms. The van der Waals surface area contributed by atoms with Crippen LogP contribution in [0.3, 0.4) is 0 Å². The first-order valence-electron chi connectivity index (χ1n) is 8.96. The number of likely N-dealkylation sites (N-methyl/N-ethyl adjacent to an activating group) is 1. The Morgan fingerprint density at radius 2 is 1.79 bits per heavy atom. The molecule has 0 aliphatic rings. The predicted octanol–water partition coefficient (Wildman–Crippen LogP) is 2.84. The summed E-state index contributed by atoms with van der Waals surface area (Å²) in [7, 11) is 1.54. The molecule has 0 unspecified atom stereocenters. The maximum Gasteiger partial charge on any atom is 0.263 e. The summed E-state index contributed by atoms with van der Waals surface area (Å²) in [5, 5.41) is 6.52. The standard InChI is InChI=1S/C21H25N3O4/c1-4-27-19-11-7-17(8-12-19)13-22-28-15-21(26)24(3)14-20(25)23-18-9-5-16(2)6-10-18/h5-13H,4,14-15H2,1-3H3,(H,23,25)/b22-13-.